The Morgan fingerprint density at radius 3 is 1.42 bits per heavy atom. The molecule has 0 atom stereocenters. The quantitative estimate of drug-likeness (QED) is 0.700. The summed E-state index contributed by atoms with van der Waals surface area (Å²) in [6.07, 6.45) is 0.856. The van der Waals surface area contributed by atoms with Gasteiger partial charge in [-0.3, -0.25) is 9.59 Å². The minimum atomic E-state index is 0.0543. The van der Waals surface area contributed by atoms with Crippen molar-refractivity contribution in [3.05, 3.63) is 47.5 Å². The number of carbonyl (C=O) groups is 2. The van der Waals surface area contributed by atoms with E-state index in [2.05, 4.69) is 0 Å². The summed E-state index contributed by atoms with van der Waals surface area (Å²) in [6.45, 7) is 3.65. The predicted molar refractivity (Wildman–Crippen MR) is 94.2 cm³/mol. The maximum Gasteiger partial charge on any atom is 0.162 e. The average Bonchev–Trinajstić information content (AvgIpc) is 2.65. The van der Waals surface area contributed by atoms with Crippen LogP contribution in [0.5, 0.6) is 11.5 Å². The molecule has 0 saturated carbocycles. The maximum atomic E-state index is 12.0. The van der Waals surface area contributed by atoms with E-state index >= 15 is 0 Å². The molecule has 0 unspecified atom stereocenters. The second-order valence-electron chi connectivity index (χ2n) is 5.38. The van der Waals surface area contributed by atoms with Gasteiger partial charge in [0.1, 0.15) is 11.5 Å². The topological polar surface area (TPSA) is 52.6 Å². The van der Waals surface area contributed by atoms with Gasteiger partial charge in [0.05, 0.1) is 14.2 Å². The van der Waals surface area contributed by atoms with E-state index in [1.54, 1.807) is 50.6 Å². The zero-order valence-electron chi connectivity index (χ0n) is 14.5. The Bertz CT molecular complexity index is 697. The molecule has 0 aromatic heterocycles. The average molecular weight is 326 g/mol. The summed E-state index contributed by atoms with van der Waals surface area (Å²) in [7, 11) is 3.15. The molecule has 126 valence electrons. The van der Waals surface area contributed by atoms with Crippen LogP contribution < -0.4 is 9.47 Å². The van der Waals surface area contributed by atoms with E-state index < -0.39 is 0 Å². The van der Waals surface area contributed by atoms with Crippen molar-refractivity contribution in [2.75, 3.05) is 14.2 Å². The van der Waals surface area contributed by atoms with Crippen LogP contribution in [-0.2, 0) is 0 Å². The number of hydrogen-bond acceptors (Lipinski definition) is 4. The third kappa shape index (κ3) is 3.48. The number of carbonyl (C=O) groups excluding carboxylic acids is 2. The van der Waals surface area contributed by atoms with Crippen LogP contribution in [0.3, 0.4) is 0 Å². The molecule has 0 radical (unpaired) electrons. The van der Waals surface area contributed by atoms with Gasteiger partial charge in [-0.2, -0.15) is 0 Å². The van der Waals surface area contributed by atoms with Crippen LogP contribution in [0, 0.1) is 0 Å². The Labute approximate surface area is 142 Å². The molecule has 0 amide bonds. The minimum Gasteiger partial charge on any atom is -0.496 e. The molecule has 0 saturated heterocycles. The highest BCUT2D eigenvalue weighted by molar-refractivity contribution is 6.00. The van der Waals surface area contributed by atoms with Crippen LogP contribution in [0.1, 0.15) is 47.4 Å². The number of methoxy groups -OCH3 is 2. The van der Waals surface area contributed by atoms with Gasteiger partial charge in [0.25, 0.3) is 0 Å². The highest BCUT2D eigenvalue weighted by Crippen LogP contribution is 2.38. The predicted octanol–water partition coefficient (Wildman–Crippen LogP) is 4.56. The Morgan fingerprint density at radius 2 is 1.12 bits per heavy atom. The zero-order chi connectivity index (χ0) is 17.7. The molecule has 0 aliphatic carbocycles. The van der Waals surface area contributed by atoms with Gasteiger partial charge >= 0.3 is 0 Å². The lowest BCUT2D eigenvalue weighted by Crippen LogP contribution is -2.01. The molecular weight excluding hydrogens is 304 g/mol. The molecular formula is C20H22O4. The Hall–Kier alpha value is -2.62. The first-order chi connectivity index (χ1) is 11.5. The van der Waals surface area contributed by atoms with Gasteiger partial charge in [0, 0.05) is 35.1 Å². The Kier molecular flexibility index (Phi) is 5.74. The highest BCUT2D eigenvalue weighted by atomic mass is 16.5. The van der Waals surface area contributed by atoms with Crippen molar-refractivity contribution in [1.29, 1.82) is 0 Å². The summed E-state index contributed by atoms with van der Waals surface area (Å²) in [4.78, 5) is 24.1. The zero-order valence-corrected chi connectivity index (χ0v) is 14.5. The molecule has 0 aliphatic rings. The van der Waals surface area contributed by atoms with E-state index in [4.69, 9.17) is 9.47 Å². The first-order valence-corrected chi connectivity index (χ1v) is 7.98. The first kappa shape index (κ1) is 17.7. The van der Waals surface area contributed by atoms with Gasteiger partial charge in [0.15, 0.2) is 11.6 Å². The molecule has 4 nitrogen and oxygen atoms in total. The number of benzene rings is 2. The van der Waals surface area contributed by atoms with Crippen LogP contribution in [0.4, 0.5) is 0 Å². The normalized spacial score (nSPS) is 10.3. The van der Waals surface area contributed by atoms with Gasteiger partial charge in [-0.05, 0) is 36.4 Å². The molecule has 2 aromatic carbocycles. The van der Waals surface area contributed by atoms with E-state index in [-0.39, 0.29) is 11.6 Å². The number of rotatable bonds is 7. The summed E-state index contributed by atoms with van der Waals surface area (Å²) in [5.74, 6) is 1.36. The number of Topliss-reactive ketones (excluding diaryl/α,β-unsaturated/α-hetero) is 2. The van der Waals surface area contributed by atoms with Gasteiger partial charge in [-0.25, -0.2) is 0 Å². The second-order valence-corrected chi connectivity index (χ2v) is 5.38. The van der Waals surface area contributed by atoms with Crippen molar-refractivity contribution in [2.24, 2.45) is 0 Å². The minimum absolute atomic E-state index is 0.0543. The fourth-order valence-electron chi connectivity index (χ4n) is 2.59. The van der Waals surface area contributed by atoms with Crippen LogP contribution >= 0.6 is 0 Å². The monoisotopic (exact) mass is 326 g/mol. The van der Waals surface area contributed by atoms with E-state index in [0.717, 1.165) is 11.1 Å². The number of ether oxygens (including phenoxy) is 2. The van der Waals surface area contributed by atoms with Gasteiger partial charge in [0.2, 0.25) is 0 Å². The summed E-state index contributed by atoms with van der Waals surface area (Å²) < 4.78 is 10.9. The van der Waals surface area contributed by atoms with Crippen LogP contribution in [0.15, 0.2) is 36.4 Å². The van der Waals surface area contributed by atoms with Gasteiger partial charge in [-0.1, -0.05) is 13.8 Å². The second kappa shape index (κ2) is 7.77. The molecule has 2 rings (SSSR count). The molecule has 0 fully saturated rings. The van der Waals surface area contributed by atoms with Crippen molar-refractivity contribution in [2.45, 2.75) is 26.7 Å². The van der Waals surface area contributed by atoms with Gasteiger partial charge < -0.3 is 9.47 Å². The highest BCUT2D eigenvalue weighted by Gasteiger charge is 2.16. The molecule has 0 aliphatic heterocycles. The van der Waals surface area contributed by atoms with Crippen LogP contribution in [0.2, 0.25) is 0 Å². The van der Waals surface area contributed by atoms with Crippen molar-refractivity contribution >= 4 is 11.6 Å². The summed E-state index contributed by atoms with van der Waals surface area (Å²) >= 11 is 0. The van der Waals surface area contributed by atoms with Gasteiger partial charge in [-0.15, -0.1) is 0 Å². The lowest BCUT2D eigenvalue weighted by Gasteiger charge is -2.15. The molecule has 0 N–H and O–H groups in total. The van der Waals surface area contributed by atoms with E-state index in [9.17, 15) is 9.59 Å². The number of ketones is 2. The molecule has 2 aromatic rings. The van der Waals surface area contributed by atoms with Crippen LogP contribution in [0.25, 0.3) is 11.1 Å². The third-order valence-corrected chi connectivity index (χ3v) is 3.98. The maximum absolute atomic E-state index is 12.0. The molecule has 24 heavy (non-hydrogen) atoms. The van der Waals surface area contributed by atoms with E-state index in [0.29, 0.717) is 35.5 Å². The van der Waals surface area contributed by atoms with Crippen LogP contribution in [-0.4, -0.2) is 25.8 Å². The molecule has 0 spiro atoms. The van der Waals surface area contributed by atoms with Crippen molar-refractivity contribution < 1.29 is 19.1 Å². The Morgan fingerprint density at radius 1 is 0.750 bits per heavy atom. The lowest BCUT2D eigenvalue weighted by atomic mass is 9.96. The van der Waals surface area contributed by atoms with Crippen molar-refractivity contribution in [1.82, 2.24) is 0 Å². The summed E-state index contributed by atoms with van der Waals surface area (Å²) in [5.41, 5.74) is 2.70. The molecule has 4 heteroatoms. The standard InChI is InChI=1S/C20H22O4/c1-5-17(21)13-7-9-19(23-3)15(11-13)16-12-14(18(22)6-2)8-10-20(16)24-4/h7-12H,5-6H2,1-4H3. The third-order valence-electron chi connectivity index (χ3n) is 3.98. The van der Waals surface area contributed by atoms with Crippen molar-refractivity contribution in [3.8, 4) is 22.6 Å². The lowest BCUT2D eigenvalue weighted by molar-refractivity contribution is 0.0980. The first-order valence-electron chi connectivity index (χ1n) is 7.98. The smallest absolute Gasteiger partial charge is 0.162 e. The number of hydrogen-bond donors (Lipinski definition) is 0. The largest absolute Gasteiger partial charge is 0.496 e. The fraction of sp³-hybridized carbons (Fsp3) is 0.300. The summed E-state index contributed by atoms with van der Waals surface area (Å²) in [6, 6.07) is 10.6. The fourth-order valence-corrected chi connectivity index (χ4v) is 2.59. The summed E-state index contributed by atoms with van der Waals surface area (Å²) in [5, 5.41) is 0. The van der Waals surface area contributed by atoms with E-state index in [1.807, 2.05) is 13.8 Å². The molecule has 0 bridgehead atoms. The van der Waals surface area contributed by atoms with Crippen molar-refractivity contribution in [3.63, 3.8) is 0 Å². The molecule has 0 heterocycles. The van der Waals surface area contributed by atoms with E-state index in [1.165, 1.54) is 0 Å². The Balaban J connectivity index is 2.68. The SMILES string of the molecule is CCC(=O)c1ccc(OC)c(-c2cc(C(=O)CC)ccc2OC)c1.